The number of aromatic carboxylic acids is 1. The van der Waals surface area contributed by atoms with Gasteiger partial charge in [0.1, 0.15) is 0 Å². The quantitative estimate of drug-likeness (QED) is 0.755. The van der Waals surface area contributed by atoms with Gasteiger partial charge in [-0.2, -0.15) is 0 Å². The third-order valence-electron chi connectivity index (χ3n) is 3.08. The van der Waals surface area contributed by atoms with Gasteiger partial charge in [0.2, 0.25) is 0 Å². The van der Waals surface area contributed by atoms with E-state index >= 15 is 0 Å². The summed E-state index contributed by atoms with van der Waals surface area (Å²) in [7, 11) is 0. The van der Waals surface area contributed by atoms with Crippen molar-refractivity contribution in [2.24, 2.45) is 0 Å². The summed E-state index contributed by atoms with van der Waals surface area (Å²) in [5.74, 6) is -1.34. The van der Waals surface area contributed by atoms with Gasteiger partial charge in [-0.05, 0) is 56.4 Å². The van der Waals surface area contributed by atoms with Gasteiger partial charge in [0.15, 0.2) is 5.11 Å². The molecule has 6 heteroatoms. The Morgan fingerprint density at radius 3 is 2.26 bits per heavy atom. The summed E-state index contributed by atoms with van der Waals surface area (Å²) < 4.78 is 0. The molecule has 2 aromatic rings. The van der Waals surface area contributed by atoms with Gasteiger partial charge in [0.05, 0.1) is 5.56 Å². The van der Waals surface area contributed by atoms with Crippen molar-refractivity contribution in [3.05, 3.63) is 64.7 Å². The predicted octanol–water partition coefficient (Wildman–Crippen LogP) is 3.13. The van der Waals surface area contributed by atoms with Crippen LogP contribution >= 0.6 is 12.2 Å². The van der Waals surface area contributed by atoms with Crippen molar-refractivity contribution in [2.45, 2.75) is 13.8 Å². The van der Waals surface area contributed by atoms with Crippen molar-refractivity contribution in [3.63, 3.8) is 0 Å². The van der Waals surface area contributed by atoms with Crippen LogP contribution in [0.4, 0.5) is 5.69 Å². The lowest BCUT2D eigenvalue weighted by Crippen LogP contribution is -2.34. The van der Waals surface area contributed by atoms with Crippen molar-refractivity contribution >= 4 is 34.9 Å². The van der Waals surface area contributed by atoms with Crippen LogP contribution < -0.4 is 10.6 Å². The van der Waals surface area contributed by atoms with E-state index in [1.54, 1.807) is 24.3 Å². The van der Waals surface area contributed by atoms with E-state index in [1.807, 2.05) is 19.9 Å². The van der Waals surface area contributed by atoms with Gasteiger partial charge in [-0.1, -0.05) is 23.3 Å². The van der Waals surface area contributed by atoms with Gasteiger partial charge < -0.3 is 10.4 Å². The summed E-state index contributed by atoms with van der Waals surface area (Å²) >= 11 is 5.10. The fraction of sp³-hybridized carbons (Fsp3) is 0.118. The molecule has 0 fully saturated rings. The zero-order chi connectivity index (χ0) is 17.0. The number of rotatable bonds is 3. The molecule has 0 bridgehead atoms. The van der Waals surface area contributed by atoms with E-state index in [9.17, 15) is 9.59 Å². The first kappa shape index (κ1) is 16.6. The minimum atomic E-state index is -1.03. The van der Waals surface area contributed by atoms with Crippen molar-refractivity contribution < 1.29 is 14.7 Å². The predicted molar refractivity (Wildman–Crippen MR) is 93.0 cm³/mol. The number of nitrogens with one attached hydrogen (secondary N) is 2. The molecule has 118 valence electrons. The molecule has 3 N–H and O–H groups in total. The molecule has 0 aliphatic heterocycles. The Balaban J connectivity index is 2.05. The van der Waals surface area contributed by atoms with Gasteiger partial charge in [-0.3, -0.25) is 10.1 Å². The van der Waals surface area contributed by atoms with Crippen LogP contribution in [0.15, 0.2) is 42.5 Å². The van der Waals surface area contributed by atoms with E-state index in [0.717, 1.165) is 11.1 Å². The number of anilines is 1. The average Bonchev–Trinajstić information content (AvgIpc) is 2.46. The van der Waals surface area contributed by atoms with Gasteiger partial charge in [-0.15, -0.1) is 0 Å². The van der Waals surface area contributed by atoms with Crippen LogP contribution in [0.5, 0.6) is 0 Å². The molecule has 23 heavy (non-hydrogen) atoms. The van der Waals surface area contributed by atoms with E-state index in [0.29, 0.717) is 11.3 Å². The summed E-state index contributed by atoms with van der Waals surface area (Å²) in [6.07, 6.45) is 0. The third-order valence-corrected chi connectivity index (χ3v) is 3.28. The zero-order valence-corrected chi connectivity index (χ0v) is 13.5. The van der Waals surface area contributed by atoms with Crippen LogP contribution in [-0.2, 0) is 0 Å². The summed E-state index contributed by atoms with van der Waals surface area (Å²) in [5.41, 5.74) is 3.13. The standard InChI is InChI=1S/C17H16N2O3S/c1-10-6-11(2)8-13(7-10)15(20)19-17(23)18-14-5-3-4-12(9-14)16(21)22/h3-9H,1-2H3,(H,21,22)(H2,18,19,20,23). The second-order valence-corrected chi connectivity index (χ2v) is 5.58. The Labute approximate surface area is 139 Å². The molecule has 2 aromatic carbocycles. The molecular weight excluding hydrogens is 312 g/mol. The first-order valence-electron chi connectivity index (χ1n) is 6.89. The molecule has 5 nitrogen and oxygen atoms in total. The molecule has 0 atom stereocenters. The fourth-order valence-corrected chi connectivity index (χ4v) is 2.38. The lowest BCUT2D eigenvalue weighted by atomic mass is 10.1. The maximum absolute atomic E-state index is 12.2. The summed E-state index contributed by atoms with van der Waals surface area (Å²) in [6.45, 7) is 3.83. The van der Waals surface area contributed by atoms with Crippen LogP contribution in [0.1, 0.15) is 31.8 Å². The van der Waals surface area contributed by atoms with Gasteiger partial charge >= 0.3 is 5.97 Å². The first-order chi connectivity index (χ1) is 10.8. The molecule has 0 aliphatic rings. The number of amides is 1. The largest absolute Gasteiger partial charge is 0.478 e. The molecule has 0 radical (unpaired) electrons. The third kappa shape index (κ3) is 4.62. The summed E-state index contributed by atoms with van der Waals surface area (Å²) in [6, 6.07) is 11.7. The number of carbonyl (C=O) groups excluding carboxylic acids is 1. The van der Waals surface area contributed by atoms with E-state index in [4.69, 9.17) is 17.3 Å². The van der Waals surface area contributed by atoms with Crippen LogP contribution in [0.25, 0.3) is 0 Å². The number of benzene rings is 2. The highest BCUT2D eigenvalue weighted by Crippen LogP contribution is 2.11. The molecule has 0 spiro atoms. The van der Waals surface area contributed by atoms with Crippen molar-refractivity contribution in [3.8, 4) is 0 Å². The molecule has 0 aliphatic carbocycles. The lowest BCUT2D eigenvalue weighted by Gasteiger charge is -2.11. The van der Waals surface area contributed by atoms with Crippen molar-refractivity contribution in [2.75, 3.05) is 5.32 Å². The monoisotopic (exact) mass is 328 g/mol. The first-order valence-corrected chi connectivity index (χ1v) is 7.30. The maximum Gasteiger partial charge on any atom is 0.335 e. The maximum atomic E-state index is 12.2. The number of hydrogen-bond donors (Lipinski definition) is 3. The fourth-order valence-electron chi connectivity index (χ4n) is 2.17. The Morgan fingerprint density at radius 2 is 1.65 bits per heavy atom. The molecule has 0 saturated carbocycles. The highest BCUT2D eigenvalue weighted by molar-refractivity contribution is 7.80. The van der Waals surface area contributed by atoms with Gasteiger partial charge in [0.25, 0.3) is 5.91 Å². The number of aryl methyl sites for hydroxylation is 2. The minimum Gasteiger partial charge on any atom is -0.478 e. The number of carboxylic acids is 1. The Hall–Kier alpha value is -2.73. The van der Waals surface area contributed by atoms with Gasteiger partial charge in [0, 0.05) is 11.3 Å². The number of carboxylic acid groups (broad SMARTS) is 1. The van der Waals surface area contributed by atoms with Crippen LogP contribution in [0.3, 0.4) is 0 Å². The minimum absolute atomic E-state index is 0.108. The highest BCUT2D eigenvalue weighted by atomic mass is 32.1. The topological polar surface area (TPSA) is 78.4 Å². The molecule has 0 saturated heterocycles. The number of thiocarbonyl (C=S) groups is 1. The van der Waals surface area contributed by atoms with E-state index in [1.165, 1.54) is 12.1 Å². The lowest BCUT2D eigenvalue weighted by molar-refractivity contribution is 0.0696. The van der Waals surface area contributed by atoms with E-state index < -0.39 is 5.97 Å². The molecule has 0 heterocycles. The van der Waals surface area contributed by atoms with Gasteiger partial charge in [-0.25, -0.2) is 4.79 Å². The van der Waals surface area contributed by atoms with Crippen LogP contribution in [0.2, 0.25) is 0 Å². The second kappa shape index (κ2) is 7.02. The molecule has 1 amide bonds. The highest BCUT2D eigenvalue weighted by Gasteiger charge is 2.10. The normalized spacial score (nSPS) is 10.0. The molecule has 2 rings (SSSR count). The molecule has 0 aromatic heterocycles. The summed E-state index contributed by atoms with van der Waals surface area (Å²) in [5, 5.41) is 14.5. The van der Waals surface area contributed by atoms with E-state index in [2.05, 4.69) is 10.6 Å². The van der Waals surface area contributed by atoms with Crippen molar-refractivity contribution in [1.82, 2.24) is 5.32 Å². The average molecular weight is 328 g/mol. The zero-order valence-electron chi connectivity index (χ0n) is 12.7. The Morgan fingerprint density at radius 1 is 1.00 bits per heavy atom. The number of carbonyl (C=O) groups is 2. The summed E-state index contributed by atoms with van der Waals surface area (Å²) in [4.78, 5) is 23.1. The molecular formula is C17H16N2O3S. The molecule has 0 unspecified atom stereocenters. The second-order valence-electron chi connectivity index (χ2n) is 5.17. The Kier molecular flexibility index (Phi) is 5.08. The Bertz CT molecular complexity index is 767. The van der Waals surface area contributed by atoms with E-state index in [-0.39, 0.29) is 16.6 Å². The number of hydrogen-bond acceptors (Lipinski definition) is 3. The van der Waals surface area contributed by atoms with Crippen LogP contribution in [-0.4, -0.2) is 22.1 Å². The smallest absolute Gasteiger partial charge is 0.335 e. The van der Waals surface area contributed by atoms with Crippen LogP contribution in [0, 0.1) is 13.8 Å². The van der Waals surface area contributed by atoms with Crippen molar-refractivity contribution in [1.29, 1.82) is 0 Å². The SMILES string of the molecule is Cc1cc(C)cc(C(=O)NC(=S)Nc2cccc(C(=O)O)c2)c1.